The van der Waals surface area contributed by atoms with E-state index in [1.165, 1.54) is 0 Å². The number of aromatic carboxylic acids is 1. The van der Waals surface area contributed by atoms with Gasteiger partial charge < -0.3 is 24.9 Å². The number of ether oxygens (including phenoxy) is 2. The average molecular weight is 479 g/mol. The molecule has 5 rings (SSSR count). The fourth-order valence-corrected chi connectivity index (χ4v) is 4.16. The van der Waals surface area contributed by atoms with Crippen LogP contribution in [-0.2, 0) is 0 Å². The lowest BCUT2D eigenvalue weighted by Gasteiger charge is -2.13. The first kappa shape index (κ1) is 23.1. The van der Waals surface area contributed by atoms with Crippen molar-refractivity contribution in [3.63, 3.8) is 0 Å². The van der Waals surface area contributed by atoms with Crippen molar-refractivity contribution in [3.8, 4) is 11.5 Å². The number of carboxylic acid groups (broad SMARTS) is 1. The number of para-hydroxylation sites is 2. The average Bonchev–Trinajstić information content (AvgIpc) is 3.30. The zero-order valence-electron chi connectivity index (χ0n) is 19.8. The number of hydrogen-bond donors (Lipinski definition) is 3. The third-order valence-corrected chi connectivity index (χ3v) is 6.05. The Balaban J connectivity index is 1.40. The van der Waals surface area contributed by atoms with Crippen molar-refractivity contribution in [3.05, 3.63) is 108 Å². The largest absolute Gasteiger partial charge is 0.497 e. The van der Waals surface area contributed by atoms with Crippen molar-refractivity contribution in [2.75, 3.05) is 25.6 Å². The van der Waals surface area contributed by atoms with Gasteiger partial charge >= 0.3 is 5.97 Å². The number of hydrogen-bond acceptors (Lipinski definition) is 4. The summed E-state index contributed by atoms with van der Waals surface area (Å²) in [4.78, 5) is 14.7. The van der Waals surface area contributed by atoms with Gasteiger partial charge in [0.25, 0.3) is 0 Å². The summed E-state index contributed by atoms with van der Waals surface area (Å²) in [5.41, 5.74) is 5.15. The lowest BCUT2D eigenvalue weighted by atomic mass is 10.1. The second-order valence-corrected chi connectivity index (χ2v) is 8.45. The van der Waals surface area contributed by atoms with Gasteiger partial charge in [-0.05, 0) is 59.7 Å². The van der Waals surface area contributed by atoms with Crippen LogP contribution in [0.1, 0.15) is 15.9 Å². The first-order valence-corrected chi connectivity index (χ1v) is 11.6. The second kappa shape index (κ2) is 10.3. The Morgan fingerprint density at radius 1 is 0.917 bits per heavy atom. The molecule has 0 aliphatic carbocycles. The highest BCUT2D eigenvalue weighted by atomic mass is 16.5. The van der Waals surface area contributed by atoms with Crippen LogP contribution in [0.15, 0.2) is 96.6 Å². The molecule has 1 aromatic heterocycles. The third-order valence-electron chi connectivity index (χ3n) is 6.05. The molecule has 36 heavy (non-hydrogen) atoms. The molecular formula is C30H26N2O4. The molecule has 0 fully saturated rings. The summed E-state index contributed by atoms with van der Waals surface area (Å²) in [6, 6.07) is 28.8. The van der Waals surface area contributed by atoms with Gasteiger partial charge in [-0.3, -0.25) is 0 Å². The number of carbonyl (C=O) groups is 1. The summed E-state index contributed by atoms with van der Waals surface area (Å²) in [7, 11) is 1.64. The fraction of sp³-hybridized carbons (Fsp3) is 0.100. The lowest BCUT2D eigenvalue weighted by molar-refractivity contribution is 0.0697. The minimum absolute atomic E-state index is 0.256. The summed E-state index contributed by atoms with van der Waals surface area (Å²) < 4.78 is 11.6. The molecule has 0 radical (unpaired) electrons. The monoisotopic (exact) mass is 478 g/mol. The number of anilines is 1. The minimum atomic E-state index is -0.943. The number of methoxy groups -OCH3 is 1. The normalized spacial score (nSPS) is 11.5. The van der Waals surface area contributed by atoms with Crippen LogP contribution in [0.2, 0.25) is 0 Å². The van der Waals surface area contributed by atoms with Crippen molar-refractivity contribution in [1.29, 1.82) is 0 Å². The van der Waals surface area contributed by atoms with E-state index in [0.29, 0.717) is 13.2 Å². The van der Waals surface area contributed by atoms with Gasteiger partial charge in [0.2, 0.25) is 0 Å². The number of nitrogens with one attached hydrogen (secondary N) is 2. The Labute approximate surface area is 208 Å². The standard InChI is InChI=1S/C30H26N2O4/c1-35-24-15-13-23(14-16-24)31-18-21(17-20-9-11-22(12-10-20)30(33)34)19-36-28-8-4-6-26-25-5-2-3-7-27(25)32-29(26)28/h2-17,31-32H,18-19H2,1H3,(H,33,34). The molecule has 3 N–H and O–H groups in total. The number of benzene rings is 4. The number of fused-ring (bicyclic) bond motifs is 3. The predicted molar refractivity (Wildman–Crippen MR) is 144 cm³/mol. The Kier molecular flexibility index (Phi) is 6.58. The van der Waals surface area contributed by atoms with E-state index in [4.69, 9.17) is 9.47 Å². The molecule has 0 spiro atoms. The van der Waals surface area contributed by atoms with E-state index in [2.05, 4.69) is 28.5 Å². The lowest BCUT2D eigenvalue weighted by Crippen LogP contribution is -2.12. The van der Waals surface area contributed by atoms with Crippen molar-refractivity contribution in [1.82, 2.24) is 4.98 Å². The summed E-state index contributed by atoms with van der Waals surface area (Å²) in [5.74, 6) is 0.631. The Hall–Kier alpha value is -4.71. The summed E-state index contributed by atoms with van der Waals surface area (Å²) in [6.45, 7) is 0.911. The van der Waals surface area contributed by atoms with Gasteiger partial charge in [-0.25, -0.2) is 4.79 Å². The van der Waals surface area contributed by atoms with Gasteiger partial charge in [0.15, 0.2) is 0 Å². The Morgan fingerprint density at radius 3 is 2.42 bits per heavy atom. The number of rotatable bonds is 9. The molecule has 0 saturated carbocycles. The number of aromatic amines is 1. The molecule has 4 aromatic carbocycles. The molecule has 1 heterocycles. The highest BCUT2D eigenvalue weighted by molar-refractivity contribution is 6.09. The molecule has 0 aliphatic heterocycles. The fourth-order valence-electron chi connectivity index (χ4n) is 4.16. The molecular weight excluding hydrogens is 452 g/mol. The maximum absolute atomic E-state index is 11.2. The molecule has 6 nitrogen and oxygen atoms in total. The van der Waals surface area contributed by atoms with Crippen LogP contribution in [0.4, 0.5) is 5.69 Å². The van der Waals surface area contributed by atoms with Crippen LogP contribution in [0.3, 0.4) is 0 Å². The zero-order chi connectivity index (χ0) is 24.9. The molecule has 5 aromatic rings. The second-order valence-electron chi connectivity index (χ2n) is 8.45. The van der Waals surface area contributed by atoms with Gasteiger partial charge in [-0.15, -0.1) is 0 Å². The Bertz CT molecular complexity index is 1530. The molecule has 0 unspecified atom stereocenters. The highest BCUT2D eigenvalue weighted by Gasteiger charge is 2.10. The van der Waals surface area contributed by atoms with Crippen molar-refractivity contribution in [2.24, 2.45) is 0 Å². The Morgan fingerprint density at radius 2 is 1.67 bits per heavy atom. The molecule has 0 aliphatic rings. The maximum Gasteiger partial charge on any atom is 0.335 e. The molecule has 0 amide bonds. The zero-order valence-corrected chi connectivity index (χ0v) is 19.8. The van der Waals surface area contributed by atoms with E-state index >= 15 is 0 Å². The van der Waals surface area contributed by atoms with E-state index in [0.717, 1.165) is 50.1 Å². The van der Waals surface area contributed by atoms with Crippen molar-refractivity contribution < 1.29 is 19.4 Å². The summed E-state index contributed by atoms with van der Waals surface area (Å²) in [6.07, 6.45) is 2.02. The molecule has 180 valence electrons. The van der Waals surface area contributed by atoms with E-state index in [9.17, 15) is 9.90 Å². The van der Waals surface area contributed by atoms with E-state index < -0.39 is 5.97 Å². The minimum Gasteiger partial charge on any atom is -0.497 e. The number of aromatic nitrogens is 1. The van der Waals surface area contributed by atoms with Crippen molar-refractivity contribution >= 4 is 39.5 Å². The van der Waals surface area contributed by atoms with Gasteiger partial charge in [0.1, 0.15) is 18.1 Å². The predicted octanol–water partition coefficient (Wildman–Crippen LogP) is 6.60. The van der Waals surface area contributed by atoms with Crippen LogP contribution >= 0.6 is 0 Å². The van der Waals surface area contributed by atoms with E-state index in [1.807, 2.05) is 54.6 Å². The summed E-state index contributed by atoms with van der Waals surface area (Å²) in [5, 5.41) is 14.9. The highest BCUT2D eigenvalue weighted by Crippen LogP contribution is 2.31. The van der Waals surface area contributed by atoms with Crippen LogP contribution in [-0.4, -0.2) is 36.3 Å². The van der Waals surface area contributed by atoms with Crippen LogP contribution in [0.5, 0.6) is 11.5 Å². The van der Waals surface area contributed by atoms with Crippen molar-refractivity contribution in [2.45, 2.75) is 0 Å². The molecule has 0 saturated heterocycles. The van der Waals surface area contributed by atoms with E-state index in [1.54, 1.807) is 31.4 Å². The van der Waals surface area contributed by atoms with Crippen LogP contribution in [0, 0.1) is 0 Å². The number of carboxylic acids is 1. The summed E-state index contributed by atoms with van der Waals surface area (Å²) >= 11 is 0. The maximum atomic E-state index is 11.2. The SMILES string of the molecule is COc1ccc(NCC(=Cc2ccc(C(=O)O)cc2)COc2cccc3c2[nH]c2ccccc23)cc1. The smallest absolute Gasteiger partial charge is 0.335 e. The third kappa shape index (κ3) is 5.03. The van der Waals surface area contributed by atoms with Gasteiger partial charge in [0.05, 0.1) is 18.2 Å². The van der Waals surface area contributed by atoms with Crippen LogP contribution < -0.4 is 14.8 Å². The first-order valence-electron chi connectivity index (χ1n) is 11.6. The first-order chi connectivity index (χ1) is 17.6. The van der Waals surface area contributed by atoms with Gasteiger partial charge in [0, 0.05) is 28.5 Å². The molecule has 0 bridgehead atoms. The van der Waals surface area contributed by atoms with Gasteiger partial charge in [-0.1, -0.05) is 48.5 Å². The molecule has 6 heteroatoms. The van der Waals surface area contributed by atoms with E-state index in [-0.39, 0.29) is 5.56 Å². The van der Waals surface area contributed by atoms with Crippen LogP contribution in [0.25, 0.3) is 27.9 Å². The molecule has 0 atom stereocenters. The topological polar surface area (TPSA) is 83.6 Å². The quantitative estimate of drug-likeness (QED) is 0.222. The van der Waals surface area contributed by atoms with Gasteiger partial charge in [-0.2, -0.15) is 0 Å². The number of H-pyrrole nitrogens is 1.